The van der Waals surface area contributed by atoms with E-state index < -0.39 is 5.97 Å². The fourth-order valence-electron chi connectivity index (χ4n) is 2.16. The van der Waals surface area contributed by atoms with E-state index in [4.69, 9.17) is 21.1 Å². The molecule has 112 valence electrons. The number of benzene rings is 2. The number of esters is 1. The minimum atomic E-state index is -0.391. The monoisotopic (exact) mass is 316 g/mol. The van der Waals surface area contributed by atoms with Crippen LogP contribution in [0.1, 0.15) is 6.92 Å². The van der Waals surface area contributed by atoms with Crippen LogP contribution in [-0.4, -0.2) is 22.9 Å². The average Bonchev–Trinajstić information content (AvgIpc) is 2.91. The van der Waals surface area contributed by atoms with Crippen LogP contribution in [0.3, 0.4) is 0 Å². The Bertz CT molecular complexity index is 840. The number of halogens is 1. The largest absolute Gasteiger partial charge is 0.497 e. The number of carbonyl (C=O) groups excluding carboxylic acids is 1. The normalized spacial score (nSPS) is 10.7. The van der Waals surface area contributed by atoms with E-state index in [1.165, 1.54) is 6.92 Å². The predicted molar refractivity (Wildman–Crippen MR) is 83.9 cm³/mol. The van der Waals surface area contributed by atoms with Crippen molar-refractivity contribution in [3.8, 4) is 17.2 Å². The molecule has 0 radical (unpaired) electrons. The quantitative estimate of drug-likeness (QED) is 0.547. The van der Waals surface area contributed by atoms with Crippen molar-refractivity contribution in [2.24, 2.45) is 0 Å². The van der Waals surface area contributed by atoms with Crippen molar-refractivity contribution in [2.45, 2.75) is 6.92 Å². The summed E-state index contributed by atoms with van der Waals surface area (Å²) in [6.07, 6.45) is 1.83. The molecule has 0 saturated heterocycles. The van der Waals surface area contributed by atoms with Crippen LogP contribution in [0.2, 0.25) is 5.02 Å². The minimum Gasteiger partial charge on any atom is -0.497 e. The summed E-state index contributed by atoms with van der Waals surface area (Å²) in [6, 6.07) is 10.8. The van der Waals surface area contributed by atoms with Crippen LogP contribution in [0.5, 0.6) is 11.5 Å². The van der Waals surface area contributed by atoms with Crippen LogP contribution in [0.4, 0.5) is 0 Å². The van der Waals surface area contributed by atoms with Gasteiger partial charge in [-0.05, 0) is 30.3 Å². The van der Waals surface area contributed by atoms with Gasteiger partial charge >= 0.3 is 5.97 Å². The lowest BCUT2D eigenvalue weighted by molar-refractivity contribution is -0.131. The number of methoxy groups -OCH3 is 1. The Balaban J connectivity index is 2.04. The van der Waals surface area contributed by atoms with E-state index in [-0.39, 0.29) is 0 Å². The second kappa shape index (κ2) is 5.69. The maximum absolute atomic E-state index is 11.0. The van der Waals surface area contributed by atoms with Crippen molar-refractivity contribution in [2.75, 3.05) is 7.11 Å². The van der Waals surface area contributed by atoms with E-state index in [2.05, 4.69) is 5.10 Å². The first kappa shape index (κ1) is 14.4. The van der Waals surface area contributed by atoms with Gasteiger partial charge in [-0.2, -0.15) is 5.10 Å². The summed E-state index contributed by atoms with van der Waals surface area (Å²) < 4.78 is 11.9. The number of hydrogen-bond acceptors (Lipinski definition) is 4. The first-order valence-corrected chi connectivity index (χ1v) is 6.96. The van der Waals surface area contributed by atoms with Crippen LogP contribution >= 0.6 is 11.6 Å². The lowest BCUT2D eigenvalue weighted by Gasteiger charge is -2.02. The lowest BCUT2D eigenvalue weighted by atomic mass is 10.2. The minimum absolute atomic E-state index is 0.391. The van der Waals surface area contributed by atoms with Crippen molar-refractivity contribution in [3.05, 3.63) is 47.6 Å². The molecule has 0 spiro atoms. The zero-order chi connectivity index (χ0) is 15.7. The number of fused-ring (bicyclic) bond motifs is 1. The molecule has 0 fully saturated rings. The summed E-state index contributed by atoms with van der Waals surface area (Å²) in [5.74, 6) is 0.785. The van der Waals surface area contributed by atoms with E-state index in [0.29, 0.717) is 16.3 Å². The maximum atomic E-state index is 11.0. The Morgan fingerprint density at radius 3 is 2.55 bits per heavy atom. The number of aromatic nitrogens is 2. The molecule has 0 aliphatic rings. The topological polar surface area (TPSA) is 53.4 Å². The fourth-order valence-corrected chi connectivity index (χ4v) is 2.41. The smallest absolute Gasteiger partial charge is 0.308 e. The standard InChI is InChI=1S/C16H13ClN2O3/c1-10(20)22-14-7-11-9-19(18-16(11)15(17)8-14)12-3-5-13(21-2)6-4-12/h3-9H,1-2H3. The van der Waals surface area contributed by atoms with Crippen molar-refractivity contribution in [1.29, 1.82) is 0 Å². The molecule has 22 heavy (non-hydrogen) atoms. The molecule has 2 aromatic carbocycles. The van der Waals surface area contributed by atoms with Gasteiger partial charge < -0.3 is 9.47 Å². The van der Waals surface area contributed by atoms with Gasteiger partial charge in [0.15, 0.2) is 0 Å². The maximum Gasteiger partial charge on any atom is 0.308 e. The van der Waals surface area contributed by atoms with Gasteiger partial charge in [-0.1, -0.05) is 11.6 Å². The highest BCUT2D eigenvalue weighted by atomic mass is 35.5. The molecule has 0 saturated carbocycles. The van der Waals surface area contributed by atoms with Crippen LogP contribution in [0.25, 0.3) is 16.6 Å². The molecule has 3 rings (SSSR count). The van der Waals surface area contributed by atoms with Crippen molar-refractivity contribution in [1.82, 2.24) is 9.78 Å². The van der Waals surface area contributed by atoms with Gasteiger partial charge in [0.25, 0.3) is 0 Å². The molecule has 0 atom stereocenters. The van der Waals surface area contributed by atoms with E-state index in [9.17, 15) is 4.79 Å². The third kappa shape index (κ3) is 2.76. The molecule has 0 N–H and O–H groups in total. The Hall–Kier alpha value is -2.53. The molecule has 1 aromatic heterocycles. The molecular weight excluding hydrogens is 304 g/mol. The summed E-state index contributed by atoms with van der Waals surface area (Å²) in [6.45, 7) is 1.35. The Morgan fingerprint density at radius 2 is 1.91 bits per heavy atom. The van der Waals surface area contributed by atoms with Gasteiger partial charge in [0.05, 0.1) is 17.8 Å². The molecule has 0 aliphatic carbocycles. The van der Waals surface area contributed by atoms with Crippen LogP contribution in [-0.2, 0) is 4.79 Å². The molecule has 0 amide bonds. The predicted octanol–water partition coefficient (Wildman–Crippen LogP) is 3.61. The molecule has 1 heterocycles. The Kier molecular flexibility index (Phi) is 3.73. The number of rotatable bonds is 3. The van der Waals surface area contributed by atoms with Gasteiger partial charge in [0, 0.05) is 24.6 Å². The molecule has 5 nitrogen and oxygen atoms in total. The number of nitrogens with zero attached hydrogens (tertiary/aromatic N) is 2. The summed E-state index contributed by atoms with van der Waals surface area (Å²) >= 11 is 6.21. The zero-order valence-corrected chi connectivity index (χ0v) is 12.8. The molecule has 0 bridgehead atoms. The summed E-state index contributed by atoms with van der Waals surface area (Å²) in [5, 5.41) is 5.68. The molecule has 3 aromatic rings. The van der Waals surface area contributed by atoms with Crippen LogP contribution in [0.15, 0.2) is 42.6 Å². The van der Waals surface area contributed by atoms with Gasteiger partial charge in [-0.15, -0.1) is 0 Å². The molecule has 0 unspecified atom stereocenters. The van der Waals surface area contributed by atoms with Crippen LogP contribution in [0, 0.1) is 0 Å². The zero-order valence-electron chi connectivity index (χ0n) is 12.0. The Labute approximate surface area is 132 Å². The second-order valence-electron chi connectivity index (χ2n) is 4.71. The number of carbonyl (C=O) groups is 1. The van der Waals surface area contributed by atoms with Gasteiger partial charge in [-0.25, -0.2) is 4.68 Å². The van der Waals surface area contributed by atoms with Crippen molar-refractivity contribution < 1.29 is 14.3 Å². The average molecular weight is 317 g/mol. The first-order valence-electron chi connectivity index (χ1n) is 6.58. The van der Waals surface area contributed by atoms with Crippen LogP contribution < -0.4 is 9.47 Å². The van der Waals surface area contributed by atoms with Gasteiger partial charge in [-0.3, -0.25) is 4.79 Å². The molecule has 0 aliphatic heterocycles. The third-order valence-corrected chi connectivity index (χ3v) is 3.42. The van der Waals surface area contributed by atoms with E-state index in [0.717, 1.165) is 16.8 Å². The van der Waals surface area contributed by atoms with Crippen molar-refractivity contribution >= 4 is 28.5 Å². The van der Waals surface area contributed by atoms with E-state index in [1.807, 2.05) is 30.5 Å². The highest BCUT2D eigenvalue weighted by molar-refractivity contribution is 6.35. The summed E-state index contributed by atoms with van der Waals surface area (Å²) in [5.41, 5.74) is 1.52. The van der Waals surface area contributed by atoms with Crippen molar-refractivity contribution in [3.63, 3.8) is 0 Å². The second-order valence-corrected chi connectivity index (χ2v) is 5.12. The number of hydrogen-bond donors (Lipinski definition) is 0. The third-order valence-electron chi connectivity index (χ3n) is 3.13. The van der Waals surface area contributed by atoms with Gasteiger partial charge in [0.2, 0.25) is 0 Å². The first-order chi connectivity index (χ1) is 10.6. The highest BCUT2D eigenvalue weighted by Crippen LogP contribution is 2.29. The lowest BCUT2D eigenvalue weighted by Crippen LogP contribution is -2.00. The summed E-state index contributed by atoms with van der Waals surface area (Å²) in [4.78, 5) is 11.0. The SMILES string of the molecule is COc1ccc(-n2cc3cc(OC(C)=O)cc(Cl)c3n2)cc1. The highest BCUT2D eigenvalue weighted by Gasteiger charge is 2.10. The molecule has 6 heteroatoms. The fraction of sp³-hybridized carbons (Fsp3) is 0.125. The number of ether oxygens (including phenoxy) is 2. The van der Waals surface area contributed by atoms with E-state index in [1.54, 1.807) is 23.9 Å². The van der Waals surface area contributed by atoms with Gasteiger partial charge in [0.1, 0.15) is 17.0 Å². The summed E-state index contributed by atoms with van der Waals surface area (Å²) in [7, 11) is 1.62. The van der Waals surface area contributed by atoms with E-state index >= 15 is 0 Å². The molecular formula is C16H13ClN2O3. The Morgan fingerprint density at radius 1 is 1.18 bits per heavy atom.